The minimum absolute atomic E-state index is 0.216. The Balaban J connectivity index is 1.91. The molecule has 0 saturated heterocycles. The van der Waals surface area contributed by atoms with E-state index in [2.05, 4.69) is 10.3 Å². The molecule has 7 nitrogen and oxygen atoms in total. The third-order valence-electron chi connectivity index (χ3n) is 4.45. The van der Waals surface area contributed by atoms with Gasteiger partial charge >= 0.3 is 5.97 Å². The van der Waals surface area contributed by atoms with Crippen LogP contribution in [0.3, 0.4) is 0 Å². The standard InChI is InChI=1S/C21H23N3O4S/c1-12(2)10-28-21(27)17-13(3)16-19(29-17)22-11-24(20(16)26)14(4)18(25)23-15-8-6-5-7-9-15/h5-9,11-12,14H,10H2,1-4H3,(H,23,25)/t14-/m0/s1. The molecule has 1 atom stereocenters. The monoisotopic (exact) mass is 413 g/mol. The number of thiophene rings is 1. The highest BCUT2D eigenvalue weighted by molar-refractivity contribution is 7.20. The van der Waals surface area contributed by atoms with E-state index in [1.165, 1.54) is 10.9 Å². The molecule has 1 aromatic carbocycles. The Kier molecular flexibility index (Phi) is 6.12. The number of rotatable bonds is 6. The van der Waals surface area contributed by atoms with Crippen molar-refractivity contribution < 1.29 is 14.3 Å². The predicted octanol–water partition coefficient (Wildman–Crippen LogP) is 3.78. The number of anilines is 1. The van der Waals surface area contributed by atoms with Gasteiger partial charge in [-0.05, 0) is 37.5 Å². The van der Waals surface area contributed by atoms with Crippen molar-refractivity contribution >= 4 is 39.1 Å². The van der Waals surface area contributed by atoms with E-state index in [9.17, 15) is 14.4 Å². The quantitative estimate of drug-likeness (QED) is 0.621. The van der Waals surface area contributed by atoms with E-state index in [0.29, 0.717) is 33.0 Å². The maximum Gasteiger partial charge on any atom is 0.348 e. The summed E-state index contributed by atoms with van der Waals surface area (Å²) in [5.41, 5.74) is 0.817. The Bertz CT molecular complexity index is 1100. The first kappa shape index (κ1) is 20.7. The summed E-state index contributed by atoms with van der Waals surface area (Å²) in [7, 11) is 0. The number of carbonyl (C=O) groups is 2. The third-order valence-corrected chi connectivity index (χ3v) is 5.63. The molecule has 0 spiro atoms. The molecule has 8 heteroatoms. The number of aromatic nitrogens is 2. The number of aryl methyl sites for hydroxylation is 1. The van der Waals surface area contributed by atoms with Crippen molar-refractivity contribution in [2.75, 3.05) is 11.9 Å². The summed E-state index contributed by atoms with van der Waals surface area (Å²) in [5, 5.41) is 3.12. The zero-order chi connectivity index (χ0) is 21.1. The van der Waals surface area contributed by atoms with Gasteiger partial charge in [0.25, 0.3) is 5.56 Å². The van der Waals surface area contributed by atoms with Gasteiger partial charge in [0.1, 0.15) is 15.7 Å². The lowest BCUT2D eigenvalue weighted by molar-refractivity contribution is -0.118. The number of hydrogen-bond acceptors (Lipinski definition) is 6. The molecule has 3 rings (SSSR count). The molecule has 1 N–H and O–H groups in total. The summed E-state index contributed by atoms with van der Waals surface area (Å²) in [5.74, 6) is -0.572. The fourth-order valence-electron chi connectivity index (χ4n) is 2.81. The van der Waals surface area contributed by atoms with Gasteiger partial charge in [-0.25, -0.2) is 9.78 Å². The summed E-state index contributed by atoms with van der Waals surface area (Å²) >= 11 is 1.13. The molecule has 152 valence electrons. The normalized spacial score (nSPS) is 12.2. The number of hydrogen-bond donors (Lipinski definition) is 1. The van der Waals surface area contributed by atoms with Gasteiger partial charge in [-0.1, -0.05) is 32.0 Å². The van der Waals surface area contributed by atoms with Crippen LogP contribution >= 0.6 is 11.3 Å². The van der Waals surface area contributed by atoms with Crippen molar-refractivity contribution in [3.8, 4) is 0 Å². The second-order valence-corrected chi connectivity index (χ2v) is 8.22. The Hall–Kier alpha value is -3.00. The highest BCUT2D eigenvalue weighted by Crippen LogP contribution is 2.28. The van der Waals surface area contributed by atoms with Crippen LogP contribution in [0.1, 0.15) is 42.0 Å². The highest BCUT2D eigenvalue weighted by atomic mass is 32.1. The van der Waals surface area contributed by atoms with Crippen molar-refractivity contribution in [2.45, 2.75) is 33.7 Å². The van der Waals surface area contributed by atoms with E-state index >= 15 is 0 Å². The number of nitrogens with zero attached hydrogens (tertiary/aromatic N) is 2. The smallest absolute Gasteiger partial charge is 0.348 e. The van der Waals surface area contributed by atoms with E-state index in [0.717, 1.165) is 11.3 Å². The van der Waals surface area contributed by atoms with Gasteiger partial charge in [0, 0.05) is 5.69 Å². The van der Waals surface area contributed by atoms with Crippen LogP contribution in [-0.2, 0) is 9.53 Å². The number of para-hydroxylation sites is 1. The molecule has 0 saturated carbocycles. The highest BCUT2D eigenvalue weighted by Gasteiger charge is 2.23. The second kappa shape index (κ2) is 8.57. The average molecular weight is 413 g/mol. The molecule has 0 radical (unpaired) electrons. The van der Waals surface area contributed by atoms with E-state index in [-0.39, 0.29) is 17.4 Å². The summed E-state index contributed by atoms with van der Waals surface area (Å²) in [6, 6.07) is 8.25. The molecular formula is C21H23N3O4S. The van der Waals surface area contributed by atoms with Gasteiger partial charge in [-0.2, -0.15) is 0 Å². The number of amides is 1. The number of ether oxygens (including phenoxy) is 1. The van der Waals surface area contributed by atoms with Gasteiger partial charge in [0.15, 0.2) is 0 Å². The lowest BCUT2D eigenvalue weighted by atomic mass is 10.2. The number of benzene rings is 1. The van der Waals surface area contributed by atoms with Crippen molar-refractivity contribution in [1.29, 1.82) is 0 Å². The van der Waals surface area contributed by atoms with Crippen LogP contribution in [-0.4, -0.2) is 28.0 Å². The second-order valence-electron chi connectivity index (χ2n) is 7.22. The van der Waals surface area contributed by atoms with Crippen LogP contribution in [0.2, 0.25) is 0 Å². The largest absolute Gasteiger partial charge is 0.461 e. The SMILES string of the molecule is Cc1c(C(=O)OCC(C)C)sc2ncn([C@@H](C)C(=O)Nc3ccccc3)c(=O)c12. The van der Waals surface area contributed by atoms with Gasteiger partial charge < -0.3 is 10.1 Å². The van der Waals surface area contributed by atoms with Crippen LogP contribution in [0, 0.1) is 12.8 Å². The number of esters is 1. The molecule has 2 heterocycles. The predicted molar refractivity (Wildman–Crippen MR) is 114 cm³/mol. The van der Waals surface area contributed by atoms with Crippen LogP contribution in [0.25, 0.3) is 10.2 Å². The molecule has 2 aromatic heterocycles. The molecule has 0 aliphatic carbocycles. The van der Waals surface area contributed by atoms with Crippen molar-refractivity contribution in [3.05, 3.63) is 57.5 Å². The third kappa shape index (κ3) is 4.37. The van der Waals surface area contributed by atoms with Crippen LogP contribution in [0.5, 0.6) is 0 Å². The molecule has 0 aliphatic rings. The molecule has 1 amide bonds. The molecule has 0 unspecified atom stereocenters. The number of nitrogens with one attached hydrogen (secondary N) is 1. The Morgan fingerprint density at radius 3 is 2.55 bits per heavy atom. The van der Waals surface area contributed by atoms with Gasteiger partial charge in [-0.15, -0.1) is 11.3 Å². The first-order valence-electron chi connectivity index (χ1n) is 9.32. The Labute approximate surface area is 172 Å². The van der Waals surface area contributed by atoms with Gasteiger partial charge in [0.05, 0.1) is 18.3 Å². The molecule has 0 bridgehead atoms. The van der Waals surface area contributed by atoms with Crippen LogP contribution < -0.4 is 10.9 Å². The fraction of sp³-hybridized carbons (Fsp3) is 0.333. The first-order chi connectivity index (χ1) is 13.8. The Morgan fingerprint density at radius 2 is 1.90 bits per heavy atom. The molecule has 0 fully saturated rings. The minimum atomic E-state index is -0.768. The first-order valence-corrected chi connectivity index (χ1v) is 10.1. The van der Waals surface area contributed by atoms with Crippen LogP contribution in [0.15, 0.2) is 41.5 Å². The lowest BCUT2D eigenvalue weighted by Crippen LogP contribution is -2.31. The van der Waals surface area contributed by atoms with Gasteiger partial charge in [-0.3, -0.25) is 14.2 Å². The minimum Gasteiger partial charge on any atom is -0.461 e. The Morgan fingerprint density at radius 1 is 1.21 bits per heavy atom. The zero-order valence-corrected chi connectivity index (χ0v) is 17.6. The zero-order valence-electron chi connectivity index (χ0n) is 16.8. The van der Waals surface area contributed by atoms with E-state index in [1.54, 1.807) is 26.0 Å². The van der Waals surface area contributed by atoms with E-state index < -0.39 is 12.0 Å². The van der Waals surface area contributed by atoms with Crippen LogP contribution in [0.4, 0.5) is 5.69 Å². The summed E-state index contributed by atoms with van der Waals surface area (Å²) < 4.78 is 6.57. The summed E-state index contributed by atoms with van der Waals surface area (Å²) in [6.07, 6.45) is 1.35. The number of fused-ring (bicyclic) bond motifs is 1. The topological polar surface area (TPSA) is 90.3 Å². The molecule has 0 aliphatic heterocycles. The summed E-state index contributed by atoms with van der Waals surface area (Å²) in [4.78, 5) is 43.1. The maximum absolute atomic E-state index is 13.0. The molecule has 3 aromatic rings. The van der Waals surface area contributed by atoms with Crippen molar-refractivity contribution in [1.82, 2.24) is 9.55 Å². The van der Waals surface area contributed by atoms with Crippen molar-refractivity contribution in [3.63, 3.8) is 0 Å². The summed E-state index contributed by atoms with van der Waals surface area (Å²) in [6.45, 7) is 7.54. The average Bonchev–Trinajstić information content (AvgIpc) is 3.04. The molecular weight excluding hydrogens is 390 g/mol. The van der Waals surface area contributed by atoms with Gasteiger partial charge in [0.2, 0.25) is 5.91 Å². The molecule has 29 heavy (non-hydrogen) atoms. The number of carbonyl (C=O) groups excluding carboxylic acids is 2. The van der Waals surface area contributed by atoms with Crippen molar-refractivity contribution in [2.24, 2.45) is 5.92 Å². The lowest BCUT2D eigenvalue weighted by Gasteiger charge is -2.15. The van der Waals surface area contributed by atoms with E-state index in [1.807, 2.05) is 32.0 Å². The fourth-order valence-corrected chi connectivity index (χ4v) is 3.84. The van der Waals surface area contributed by atoms with E-state index in [4.69, 9.17) is 4.74 Å². The maximum atomic E-state index is 13.0.